The van der Waals surface area contributed by atoms with E-state index in [1.807, 2.05) is 6.92 Å². The SMILES string of the molecule is Cc1cc(C(=O)N(C)CC(=O)N(C)C)ccc1N. The fourth-order valence-electron chi connectivity index (χ4n) is 1.45. The molecule has 0 bridgehead atoms. The molecule has 5 nitrogen and oxygen atoms in total. The van der Waals surface area contributed by atoms with E-state index < -0.39 is 0 Å². The molecule has 0 aliphatic carbocycles. The summed E-state index contributed by atoms with van der Waals surface area (Å²) in [6.07, 6.45) is 0. The Morgan fingerprint density at radius 1 is 1.22 bits per heavy atom. The minimum absolute atomic E-state index is 0.0647. The molecule has 0 saturated carbocycles. The number of carbonyl (C=O) groups excluding carboxylic acids is 2. The topological polar surface area (TPSA) is 66.6 Å². The molecule has 0 saturated heterocycles. The van der Waals surface area contributed by atoms with Gasteiger partial charge < -0.3 is 15.5 Å². The van der Waals surface area contributed by atoms with Crippen molar-refractivity contribution in [3.8, 4) is 0 Å². The van der Waals surface area contributed by atoms with E-state index in [9.17, 15) is 9.59 Å². The number of carbonyl (C=O) groups is 2. The van der Waals surface area contributed by atoms with Crippen LogP contribution in [-0.2, 0) is 4.79 Å². The summed E-state index contributed by atoms with van der Waals surface area (Å²) in [5.41, 5.74) is 7.74. The van der Waals surface area contributed by atoms with Crippen LogP contribution >= 0.6 is 0 Å². The van der Waals surface area contributed by atoms with Crippen molar-refractivity contribution in [3.05, 3.63) is 29.3 Å². The van der Waals surface area contributed by atoms with Gasteiger partial charge in [0, 0.05) is 32.4 Å². The number of likely N-dealkylation sites (N-methyl/N-ethyl adjacent to an activating group) is 2. The number of nitrogens with two attached hydrogens (primary N) is 1. The minimum atomic E-state index is -0.187. The highest BCUT2D eigenvalue weighted by Gasteiger charge is 2.16. The molecule has 2 amide bonds. The highest BCUT2D eigenvalue weighted by molar-refractivity contribution is 5.96. The predicted molar refractivity (Wildman–Crippen MR) is 71.2 cm³/mol. The Hall–Kier alpha value is -2.04. The monoisotopic (exact) mass is 249 g/mol. The van der Waals surface area contributed by atoms with E-state index in [4.69, 9.17) is 5.73 Å². The first-order chi connectivity index (χ1) is 8.32. The van der Waals surface area contributed by atoms with Crippen molar-refractivity contribution in [1.29, 1.82) is 0 Å². The number of hydrogen-bond acceptors (Lipinski definition) is 3. The lowest BCUT2D eigenvalue weighted by atomic mass is 10.1. The number of nitrogens with zero attached hydrogens (tertiary/aromatic N) is 2. The van der Waals surface area contributed by atoms with Gasteiger partial charge in [-0.1, -0.05) is 0 Å². The summed E-state index contributed by atoms with van der Waals surface area (Å²) in [5.74, 6) is -0.300. The Labute approximate surface area is 107 Å². The van der Waals surface area contributed by atoms with Gasteiger partial charge in [0.25, 0.3) is 5.91 Å². The van der Waals surface area contributed by atoms with Gasteiger partial charge in [-0.25, -0.2) is 0 Å². The summed E-state index contributed by atoms with van der Waals surface area (Å²) in [5, 5.41) is 0. The molecule has 0 heterocycles. The first-order valence-electron chi connectivity index (χ1n) is 5.64. The van der Waals surface area contributed by atoms with Gasteiger partial charge in [0.05, 0.1) is 6.54 Å². The summed E-state index contributed by atoms with van der Waals surface area (Å²) >= 11 is 0. The molecule has 2 N–H and O–H groups in total. The molecule has 1 aromatic rings. The van der Waals surface area contributed by atoms with E-state index >= 15 is 0 Å². The minimum Gasteiger partial charge on any atom is -0.399 e. The van der Waals surface area contributed by atoms with Crippen LogP contribution in [0, 0.1) is 6.92 Å². The molecule has 0 aliphatic rings. The van der Waals surface area contributed by atoms with Crippen molar-refractivity contribution in [2.24, 2.45) is 0 Å². The van der Waals surface area contributed by atoms with Crippen molar-refractivity contribution >= 4 is 17.5 Å². The first-order valence-corrected chi connectivity index (χ1v) is 5.64. The number of anilines is 1. The maximum atomic E-state index is 12.1. The second kappa shape index (κ2) is 5.53. The Morgan fingerprint density at radius 2 is 1.83 bits per heavy atom. The number of amides is 2. The van der Waals surface area contributed by atoms with E-state index in [-0.39, 0.29) is 18.4 Å². The van der Waals surface area contributed by atoms with Crippen molar-refractivity contribution in [1.82, 2.24) is 9.80 Å². The standard InChI is InChI=1S/C13H19N3O2/c1-9-7-10(5-6-11(9)14)13(18)16(4)8-12(17)15(2)3/h5-7H,8,14H2,1-4H3. The second-order valence-electron chi connectivity index (χ2n) is 4.52. The molecule has 18 heavy (non-hydrogen) atoms. The number of rotatable bonds is 3. The summed E-state index contributed by atoms with van der Waals surface area (Å²) < 4.78 is 0. The number of hydrogen-bond donors (Lipinski definition) is 1. The van der Waals surface area contributed by atoms with E-state index in [1.54, 1.807) is 39.3 Å². The molecule has 1 rings (SSSR count). The lowest BCUT2D eigenvalue weighted by molar-refractivity contribution is -0.129. The maximum absolute atomic E-state index is 12.1. The molecule has 0 fully saturated rings. The van der Waals surface area contributed by atoms with Crippen LogP contribution in [0.25, 0.3) is 0 Å². The zero-order valence-electron chi connectivity index (χ0n) is 11.2. The van der Waals surface area contributed by atoms with Crippen molar-refractivity contribution in [2.75, 3.05) is 33.4 Å². The highest BCUT2D eigenvalue weighted by Crippen LogP contribution is 2.13. The van der Waals surface area contributed by atoms with Crippen LogP contribution in [0.15, 0.2) is 18.2 Å². The Morgan fingerprint density at radius 3 is 2.33 bits per heavy atom. The molecule has 0 aliphatic heterocycles. The quantitative estimate of drug-likeness (QED) is 0.803. The van der Waals surface area contributed by atoms with Crippen LogP contribution in [0.5, 0.6) is 0 Å². The average Bonchev–Trinajstić information content (AvgIpc) is 2.31. The second-order valence-corrected chi connectivity index (χ2v) is 4.52. The van der Waals surface area contributed by atoms with Crippen molar-refractivity contribution in [2.45, 2.75) is 6.92 Å². The third-order valence-electron chi connectivity index (χ3n) is 2.73. The zero-order valence-corrected chi connectivity index (χ0v) is 11.2. The van der Waals surface area contributed by atoms with Crippen molar-refractivity contribution < 1.29 is 9.59 Å². The van der Waals surface area contributed by atoms with Gasteiger partial charge in [-0.2, -0.15) is 0 Å². The molecule has 0 aromatic heterocycles. The lowest BCUT2D eigenvalue weighted by Crippen LogP contribution is -2.37. The molecule has 1 aromatic carbocycles. The smallest absolute Gasteiger partial charge is 0.254 e. The molecular formula is C13H19N3O2. The fraction of sp³-hybridized carbons (Fsp3) is 0.385. The zero-order chi connectivity index (χ0) is 13.9. The Kier molecular flexibility index (Phi) is 4.31. The number of benzene rings is 1. The largest absolute Gasteiger partial charge is 0.399 e. The van der Waals surface area contributed by atoms with E-state index in [2.05, 4.69) is 0 Å². The Balaban J connectivity index is 2.80. The van der Waals surface area contributed by atoms with Crippen LogP contribution in [0.1, 0.15) is 15.9 Å². The summed E-state index contributed by atoms with van der Waals surface area (Å²) in [6.45, 7) is 1.91. The fourth-order valence-corrected chi connectivity index (χ4v) is 1.45. The van der Waals surface area contributed by atoms with Gasteiger partial charge in [0.2, 0.25) is 5.91 Å². The highest BCUT2D eigenvalue weighted by atomic mass is 16.2. The van der Waals surface area contributed by atoms with Crippen LogP contribution in [-0.4, -0.2) is 49.3 Å². The summed E-state index contributed by atoms with van der Waals surface area (Å²) in [6, 6.07) is 5.10. The van der Waals surface area contributed by atoms with Gasteiger partial charge in [-0.15, -0.1) is 0 Å². The van der Waals surface area contributed by atoms with E-state index in [0.29, 0.717) is 11.3 Å². The van der Waals surface area contributed by atoms with Gasteiger partial charge >= 0.3 is 0 Å². The Bertz CT molecular complexity index is 469. The molecule has 5 heteroatoms. The molecule has 98 valence electrons. The van der Waals surface area contributed by atoms with E-state index in [0.717, 1.165) is 5.56 Å². The lowest BCUT2D eigenvalue weighted by Gasteiger charge is -2.19. The first kappa shape index (κ1) is 14.0. The third kappa shape index (κ3) is 3.23. The molecule has 0 unspecified atom stereocenters. The van der Waals surface area contributed by atoms with Crippen LogP contribution in [0.2, 0.25) is 0 Å². The third-order valence-corrected chi connectivity index (χ3v) is 2.73. The molecular weight excluding hydrogens is 230 g/mol. The van der Waals surface area contributed by atoms with Crippen LogP contribution in [0.3, 0.4) is 0 Å². The predicted octanol–water partition coefficient (Wildman–Crippen LogP) is 0.737. The van der Waals surface area contributed by atoms with Gasteiger partial charge in [-0.3, -0.25) is 9.59 Å². The van der Waals surface area contributed by atoms with Gasteiger partial charge in [0.15, 0.2) is 0 Å². The van der Waals surface area contributed by atoms with Crippen molar-refractivity contribution in [3.63, 3.8) is 0 Å². The van der Waals surface area contributed by atoms with E-state index in [1.165, 1.54) is 9.80 Å². The molecule has 0 spiro atoms. The molecule has 0 atom stereocenters. The normalized spacial score (nSPS) is 10.0. The summed E-state index contributed by atoms with van der Waals surface area (Å²) in [7, 11) is 4.93. The average molecular weight is 249 g/mol. The maximum Gasteiger partial charge on any atom is 0.254 e. The van der Waals surface area contributed by atoms with Crippen LogP contribution < -0.4 is 5.73 Å². The van der Waals surface area contributed by atoms with Gasteiger partial charge in [0.1, 0.15) is 0 Å². The summed E-state index contributed by atoms with van der Waals surface area (Å²) in [4.78, 5) is 26.5. The number of nitrogen functional groups attached to an aromatic ring is 1. The number of aryl methyl sites for hydroxylation is 1. The van der Waals surface area contributed by atoms with Gasteiger partial charge in [-0.05, 0) is 30.7 Å². The molecule has 0 radical (unpaired) electrons. The van der Waals surface area contributed by atoms with Crippen LogP contribution in [0.4, 0.5) is 5.69 Å².